The molecule has 0 saturated heterocycles. The van der Waals surface area contributed by atoms with Gasteiger partial charge in [0.2, 0.25) is 0 Å². The third-order valence-electron chi connectivity index (χ3n) is 4.26. The predicted octanol–water partition coefficient (Wildman–Crippen LogP) is 0.845. The van der Waals surface area contributed by atoms with Gasteiger partial charge in [0.1, 0.15) is 18.3 Å². The van der Waals surface area contributed by atoms with Crippen molar-refractivity contribution >= 4 is 27.7 Å². The maximum atomic E-state index is 13.0. The summed E-state index contributed by atoms with van der Waals surface area (Å²) in [6.07, 6.45) is 2.75. The fourth-order valence-electron chi connectivity index (χ4n) is 2.86. The zero-order valence-electron chi connectivity index (χ0n) is 15.3. The van der Waals surface area contributed by atoms with E-state index >= 15 is 0 Å². The van der Waals surface area contributed by atoms with Crippen LogP contribution in [-0.4, -0.2) is 42.0 Å². The lowest BCUT2D eigenvalue weighted by Gasteiger charge is -2.20. The average Bonchev–Trinajstić information content (AvgIpc) is 2.97. The maximum Gasteiger partial charge on any atom is 0.340 e. The first-order valence-electron chi connectivity index (χ1n) is 8.45. The summed E-state index contributed by atoms with van der Waals surface area (Å²) in [5.41, 5.74) is 5.54. The van der Waals surface area contributed by atoms with Crippen LogP contribution in [0.3, 0.4) is 0 Å². The lowest BCUT2D eigenvalue weighted by atomic mass is 10.0. The van der Waals surface area contributed by atoms with Crippen LogP contribution in [0.5, 0.6) is 0 Å². The molecule has 9 nitrogen and oxygen atoms in total. The molecule has 1 aliphatic rings. The Balaban J connectivity index is 1.97. The quantitative estimate of drug-likeness (QED) is 0.541. The number of rotatable bonds is 6. The van der Waals surface area contributed by atoms with Crippen molar-refractivity contribution in [2.75, 3.05) is 6.61 Å². The molecule has 150 valence electrons. The first-order chi connectivity index (χ1) is 13.7. The third kappa shape index (κ3) is 3.74. The molecule has 1 aromatic heterocycles. The summed E-state index contributed by atoms with van der Waals surface area (Å²) in [5.74, 6) is -3.87. The highest BCUT2D eigenvalue weighted by atomic mass is 32.2. The number of carbonyl (C=O) groups is 3. The second kappa shape index (κ2) is 7.84. The second-order valence-corrected chi connectivity index (χ2v) is 7.97. The molecular formula is C19H17N3O6S. The van der Waals surface area contributed by atoms with Gasteiger partial charge in [0.15, 0.2) is 0 Å². The molecule has 29 heavy (non-hydrogen) atoms. The van der Waals surface area contributed by atoms with E-state index in [1.807, 2.05) is 0 Å². The normalized spacial score (nSPS) is 16.8. The monoisotopic (exact) mass is 415 g/mol. The number of pyridine rings is 1. The number of benzene rings is 1. The number of hydrogen-bond acceptors (Lipinski definition) is 8. The summed E-state index contributed by atoms with van der Waals surface area (Å²) in [6, 6.07) is 10.2. The van der Waals surface area contributed by atoms with Crippen LogP contribution >= 0.6 is 0 Å². The van der Waals surface area contributed by atoms with Gasteiger partial charge in [-0.05, 0) is 31.2 Å². The first kappa shape index (κ1) is 20.2. The molecule has 0 spiro atoms. The molecule has 2 N–H and O–H groups in total. The molecule has 10 heteroatoms. The number of nitrogens with zero attached hydrogens (tertiary/aromatic N) is 2. The molecule has 0 bridgehead atoms. The molecule has 1 atom stereocenters. The van der Waals surface area contributed by atoms with E-state index in [1.54, 1.807) is 6.07 Å². The van der Waals surface area contributed by atoms with Crippen molar-refractivity contribution < 1.29 is 27.5 Å². The largest absolute Gasteiger partial charge is 0.456 e. The molecular weight excluding hydrogens is 398 g/mol. The molecule has 1 unspecified atom stereocenters. The molecule has 0 radical (unpaired) electrons. The number of hydrogen-bond donors (Lipinski definition) is 1. The van der Waals surface area contributed by atoms with Crippen molar-refractivity contribution in [2.45, 2.75) is 11.8 Å². The van der Waals surface area contributed by atoms with E-state index in [9.17, 15) is 22.8 Å². The Hall–Kier alpha value is -3.53. The molecule has 0 fully saturated rings. The summed E-state index contributed by atoms with van der Waals surface area (Å²) in [5, 5.41) is 0. The standard InChI is InChI=1S/C19H17N3O6S/c1-12(23)16-17(20)15(11-28-19(25)13-6-5-9-21-10-13)22(18(16)24)29(26,27)14-7-3-2-4-8-14/h2-10,16H,11,20H2,1H3. The van der Waals surface area contributed by atoms with Gasteiger partial charge in [0.25, 0.3) is 15.9 Å². The van der Waals surface area contributed by atoms with Crippen LogP contribution in [0.15, 0.2) is 71.1 Å². The van der Waals surface area contributed by atoms with Crippen LogP contribution in [0.1, 0.15) is 17.3 Å². The van der Waals surface area contributed by atoms with Crippen LogP contribution in [-0.2, 0) is 24.3 Å². The van der Waals surface area contributed by atoms with Crippen LogP contribution in [0, 0.1) is 5.92 Å². The SMILES string of the molecule is CC(=O)C1C(=O)N(S(=O)(=O)c2ccccc2)C(COC(=O)c2cccnc2)=C1N. The molecule has 3 rings (SSSR count). The highest BCUT2D eigenvalue weighted by Crippen LogP contribution is 2.33. The van der Waals surface area contributed by atoms with Crippen molar-refractivity contribution in [2.24, 2.45) is 11.7 Å². The fourth-order valence-corrected chi connectivity index (χ4v) is 4.37. The van der Waals surface area contributed by atoms with Gasteiger partial charge in [0.05, 0.1) is 21.9 Å². The number of ether oxygens (including phenoxy) is 1. The summed E-state index contributed by atoms with van der Waals surface area (Å²) in [6.45, 7) is 0.522. The molecule has 1 aromatic carbocycles. The van der Waals surface area contributed by atoms with E-state index in [0.29, 0.717) is 4.31 Å². The number of amides is 1. The lowest BCUT2D eigenvalue weighted by molar-refractivity contribution is -0.132. The number of nitrogens with two attached hydrogens (primary N) is 1. The van der Waals surface area contributed by atoms with Gasteiger partial charge < -0.3 is 10.5 Å². The Kier molecular flexibility index (Phi) is 5.46. The molecule has 2 heterocycles. The Morgan fingerprint density at radius 1 is 1.17 bits per heavy atom. The van der Waals surface area contributed by atoms with Crippen molar-refractivity contribution in [1.29, 1.82) is 0 Å². The van der Waals surface area contributed by atoms with Gasteiger partial charge in [-0.2, -0.15) is 0 Å². The summed E-state index contributed by atoms with van der Waals surface area (Å²) in [4.78, 5) is 40.5. The zero-order valence-corrected chi connectivity index (χ0v) is 16.1. The van der Waals surface area contributed by atoms with Crippen molar-refractivity contribution in [1.82, 2.24) is 9.29 Å². The van der Waals surface area contributed by atoms with Gasteiger partial charge >= 0.3 is 5.97 Å². The fraction of sp³-hybridized carbons (Fsp3) is 0.158. The predicted molar refractivity (Wildman–Crippen MR) is 100 cm³/mol. The van der Waals surface area contributed by atoms with Gasteiger partial charge in [-0.15, -0.1) is 0 Å². The van der Waals surface area contributed by atoms with Crippen LogP contribution in [0.2, 0.25) is 0 Å². The Labute approximate surface area is 166 Å². The minimum absolute atomic E-state index is 0.136. The first-order valence-corrected chi connectivity index (χ1v) is 9.89. The van der Waals surface area contributed by atoms with E-state index in [4.69, 9.17) is 10.5 Å². The Morgan fingerprint density at radius 2 is 1.86 bits per heavy atom. The van der Waals surface area contributed by atoms with Crippen molar-refractivity contribution in [3.8, 4) is 0 Å². The number of sulfonamides is 1. The van der Waals surface area contributed by atoms with E-state index in [1.165, 1.54) is 48.8 Å². The molecule has 1 amide bonds. The highest BCUT2D eigenvalue weighted by molar-refractivity contribution is 7.89. The van der Waals surface area contributed by atoms with Crippen molar-refractivity contribution in [3.63, 3.8) is 0 Å². The Morgan fingerprint density at radius 3 is 2.45 bits per heavy atom. The summed E-state index contributed by atoms with van der Waals surface area (Å²) in [7, 11) is -4.36. The number of ketones is 1. The van der Waals surface area contributed by atoms with E-state index in [2.05, 4.69) is 4.98 Å². The molecule has 0 saturated carbocycles. The third-order valence-corrected chi connectivity index (χ3v) is 6.01. The maximum absolute atomic E-state index is 13.0. The highest BCUT2D eigenvalue weighted by Gasteiger charge is 2.47. The van der Waals surface area contributed by atoms with Gasteiger partial charge in [-0.25, -0.2) is 17.5 Å². The second-order valence-electron chi connectivity index (χ2n) is 6.18. The van der Waals surface area contributed by atoms with Gasteiger partial charge in [0, 0.05) is 12.4 Å². The topological polar surface area (TPSA) is 137 Å². The minimum atomic E-state index is -4.36. The molecule has 0 aliphatic carbocycles. The average molecular weight is 415 g/mol. The smallest absolute Gasteiger partial charge is 0.340 e. The lowest BCUT2D eigenvalue weighted by Crippen LogP contribution is -2.37. The molecule has 1 aliphatic heterocycles. The number of carbonyl (C=O) groups excluding carboxylic acids is 3. The van der Waals surface area contributed by atoms with E-state index in [-0.39, 0.29) is 21.9 Å². The zero-order chi connectivity index (χ0) is 21.2. The number of Topliss-reactive ketones (excluding diaryl/α,β-unsaturated/α-hetero) is 1. The van der Waals surface area contributed by atoms with Crippen LogP contribution in [0.4, 0.5) is 0 Å². The van der Waals surface area contributed by atoms with E-state index < -0.39 is 40.2 Å². The van der Waals surface area contributed by atoms with Crippen molar-refractivity contribution in [3.05, 3.63) is 71.8 Å². The number of aromatic nitrogens is 1. The van der Waals surface area contributed by atoms with E-state index in [0.717, 1.165) is 6.92 Å². The summed E-state index contributed by atoms with van der Waals surface area (Å²) < 4.78 is 31.7. The van der Waals surface area contributed by atoms with Crippen LogP contribution < -0.4 is 5.73 Å². The molecule has 2 aromatic rings. The number of esters is 1. The Bertz CT molecular complexity index is 1100. The minimum Gasteiger partial charge on any atom is -0.456 e. The van der Waals surface area contributed by atoms with Gasteiger partial charge in [-0.3, -0.25) is 14.6 Å². The van der Waals surface area contributed by atoms with Gasteiger partial charge in [-0.1, -0.05) is 18.2 Å². The van der Waals surface area contributed by atoms with Crippen LogP contribution in [0.25, 0.3) is 0 Å². The summed E-state index contributed by atoms with van der Waals surface area (Å²) >= 11 is 0.